The second-order valence-electron chi connectivity index (χ2n) is 7.31. The summed E-state index contributed by atoms with van der Waals surface area (Å²) in [6, 6.07) is 5.53. The minimum Gasteiger partial charge on any atom is -0.497 e. The third-order valence-corrected chi connectivity index (χ3v) is 5.28. The number of hydrogen-bond donors (Lipinski definition) is 2. The summed E-state index contributed by atoms with van der Waals surface area (Å²) in [7, 11) is 3.13. The molecule has 1 aromatic heterocycles. The Labute approximate surface area is 181 Å². The van der Waals surface area contributed by atoms with Crippen molar-refractivity contribution in [3.05, 3.63) is 53.9 Å². The van der Waals surface area contributed by atoms with Crippen LogP contribution in [0.4, 0.5) is 0 Å². The highest BCUT2D eigenvalue weighted by molar-refractivity contribution is 5.94. The average Bonchev–Trinajstić information content (AvgIpc) is 3.22. The Hall–Kier alpha value is -3.73. The zero-order valence-electron chi connectivity index (χ0n) is 17.7. The molecule has 8 heteroatoms. The van der Waals surface area contributed by atoms with E-state index >= 15 is 0 Å². The molecule has 1 heterocycles. The molecule has 1 saturated carbocycles. The van der Waals surface area contributed by atoms with Gasteiger partial charge in [-0.1, -0.05) is 12.5 Å². The highest BCUT2D eigenvalue weighted by atomic mass is 16.5. The molecule has 0 aliphatic heterocycles. The molecule has 0 atom stereocenters. The van der Waals surface area contributed by atoms with Gasteiger partial charge in [0.15, 0.2) is 0 Å². The number of ether oxygens (including phenoxy) is 2. The fourth-order valence-electron chi connectivity index (χ4n) is 3.61. The summed E-state index contributed by atoms with van der Waals surface area (Å²) < 4.78 is 12.3. The van der Waals surface area contributed by atoms with E-state index in [9.17, 15) is 9.59 Å². The van der Waals surface area contributed by atoms with E-state index in [4.69, 9.17) is 15.2 Å². The number of carbonyl (C=O) groups excluding carboxylic acids is 2. The number of methoxy groups -OCH3 is 2. The molecule has 0 unspecified atom stereocenters. The number of hydrogen-bond acceptors (Lipinski definition) is 5. The summed E-state index contributed by atoms with van der Waals surface area (Å²) in [5.74, 6) is 6.45. The predicted octanol–water partition coefficient (Wildman–Crippen LogP) is 2.18. The maximum absolute atomic E-state index is 11.9. The predicted molar refractivity (Wildman–Crippen MR) is 116 cm³/mol. The van der Waals surface area contributed by atoms with Crippen molar-refractivity contribution in [3.8, 4) is 23.3 Å². The third kappa shape index (κ3) is 5.45. The minimum atomic E-state index is -0.578. The summed E-state index contributed by atoms with van der Waals surface area (Å²) >= 11 is 0. The largest absolute Gasteiger partial charge is 0.497 e. The van der Waals surface area contributed by atoms with Gasteiger partial charge < -0.3 is 20.5 Å². The summed E-state index contributed by atoms with van der Waals surface area (Å²) in [5, 5.41) is 7.46. The maximum Gasteiger partial charge on any atom is 0.253 e. The van der Waals surface area contributed by atoms with Crippen LogP contribution in [0.25, 0.3) is 0 Å². The summed E-state index contributed by atoms with van der Waals surface area (Å²) in [6.07, 6.45) is 6.22. The molecular weight excluding hydrogens is 396 g/mol. The first-order chi connectivity index (χ1) is 14.9. The SMILES string of the molecule is C=CC(=O)NC1CCC(n2cc(C(N)=O)c(C#Cc3cc(OC)cc(OC)c3)n2)CC1. The Morgan fingerprint density at radius 3 is 2.35 bits per heavy atom. The van der Waals surface area contributed by atoms with Gasteiger partial charge >= 0.3 is 0 Å². The molecule has 3 N–H and O–H groups in total. The van der Waals surface area contributed by atoms with Gasteiger partial charge in [0.2, 0.25) is 5.91 Å². The minimum absolute atomic E-state index is 0.113. The van der Waals surface area contributed by atoms with Crippen LogP contribution in [-0.4, -0.2) is 41.9 Å². The van der Waals surface area contributed by atoms with E-state index < -0.39 is 5.91 Å². The molecule has 1 aliphatic rings. The zero-order chi connectivity index (χ0) is 22.4. The average molecular weight is 422 g/mol. The molecule has 3 rings (SSSR count). The number of amides is 2. The van der Waals surface area contributed by atoms with Crippen LogP contribution in [0.1, 0.15) is 53.3 Å². The zero-order valence-corrected chi connectivity index (χ0v) is 17.7. The van der Waals surface area contributed by atoms with Crippen molar-refractivity contribution in [1.29, 1.82) is 0 Å². The number of nitrogens with one attached hydrogen (secondary N) is 1. The molecule has 162 valence electrons. The van der Waals surface area contributed by atoms with Crippen LogP contribution in [0, 0.1) is 11.8 Å². The quantitative estimate of drug-likeness (QED) is 0.548. The van der Waals surface area contributed by atoms with E-state index in [-0.39, 0.29) is 23.6 Å². The van der Waals surface area contributed by atoms with E-state index in [1.54, 1.807) is 43.3 Å². The molecule has 31 heavy (non-hydrogen) atoms. The molecule has 0 spiro atoms. The molecule has 1 fully saturated rings. The molecular formula is C23H26N4O4. The lowest BCUT2D eigenvalue weighted by Gasteiger charge is -2.28. The first-order valence-corrected chi connectivity index (χ1v) is 10.0. The highest BCUT2D eigenvalue weighted by Gasteiger charge is 2.25. The van der Waals surface area contributed by atoms with Gasteiger partial charge in [-0.05, 0) is 49.8 Å². The number of primary amides is 1. The summed E-state index contributed by atoms with van der Waals surface area (Å²) in [4.78, 5) is 23.4. The van der Waals surface area contributed by atoms with Crippen molar-refractivity contribution in [2.75, 3.05) is 14.2 Å². The van der Waals surface area contributed by atoms with E-state index in [1.807, 2.05) is 0 Å². The van der Waals surface area contributed by atoms with Crippen molar-refractivity contribution < 1.29 is 19.1 Å². The van der Waals surface area contributed by atoms with Gasteiger partial charge in [0.1, 0.15) is 17.2 Å². The van der Waals surface area contributed by atoms with Gasteiger partial charge in [-0.15, -0.1) is 0 Å². The monoisotopic (exact) mass is 422 g/mol. The lowest BCUT2D eigenvalue weighted by Crippen LogP contribution is -2.37. The Morgan fingerprint density at radius 2 is 1.81 bits per heavy atom. The molecule has 0 radical (unpaired) electrons. The molecule has 0 saturated heterocycles. The van der Waals surface area contributed by atoms with Crippen LogP contribution in [0.5, 0.6) is 11.5 Å². The number of aromatic nitrogens is 2. The van der Waals surface area contributed by atoms with E-state index in [0.29, 0.717) is 22.8 Å². The molecule has 1 aliphatic carbocycles. The van der Waals surface area contributed by atoms with Crippen molar-refractivity contribution >= 4 is 11.8 Å². The maximum atomic E-state index is 11.9. The van der Waals surface area contributed by atoms with E-state index in [0.717, 1.165) is 25.7 Å². The van der Waals surface area contributed by atoms with Crippen LogP contribution in [0.2, 0.25) is 0 Å². The normalized spacial score (nSPS) is 17.7. The third-order valence-electron chi connectivity index (χ3n) is 5.28. The van der Waals surface area contributed by atoms with Gasteiger partial charge in [0.05, 0.1) is 25.8 Å². The van der Waals surface area contributed by atoms with Gasteiger partial charge in [-0.3, -0.25) is 14.3 Å². The van der Waals surface area contributed by atoms with Gasteiger partial charge in [0, 0.05) is 23.9 Å². The number of rotatable bonds is 6. The Balaban J connectivity index is 1.80. The fraction of sp³-hybridized carbons (Fsp3) is 0.348. The van der Waals surface area contributed by atoms with Crippen LogP contribution < -0.4 is 20.5 Å². The molecule has 0 bridgehead atoms. The van der Waals surface area contributed by atoms with Crippen molar-refractivity contribution in [2.24, 2.45) is 5.73 Å². The molecule has 2 amide bonds. The highest BCUT2D eigenvalue weighted by Crippen LogP contribution is 2.29. The first kappa shape index (κ1) is 22.0. The molecule has 2 aromatic rings. The number of nitrogens with two attached hydrogens (primary N) is 1. The molecule has 1 aromatic carbocycles. The van der Waals surface area contributed by atoms with Gasteiger partial charge in [-0.2, -0.15) is 5.10 Å². The Bertz CT molecular complexity index is 1020. The van der Waals surface area contributed by atoms with E-state index in [1.165, 1.54) is 6.08 Å². The Morgan fingerprint density at radius 1 is 1.16 bits per heavy atom. The second-order valence-corrected chi connectivity index (χ2v) is 7.31. The van der Waals surface area contributed by atoms with Crippen LogP contribution in [0.15, 0.2) is 37.1 Å². The van der Waals surface area contributed by atoms with Crippen LogP contribution >= 0.6 is 0 Å². The van der Waals surface area contributed by atoms with Crippen LogP contribution in [0.3, 0.4) is 0 Å². The summed E-state index contributed by atoms with van der Waals surface area (Å²) in [6.45, 7) is 3.48. The lowest BCUT2D eigenvalue weighted by atomic mass is 9.91. The van der Waals surface area contributed by atoms with E-state index in [2.05, 4.69) is 28.8 Å². The number of carbonyl (C=O) groups is 2. The number of nitrogens with zero attached hydrogens (tertiary/aromatic N) is 2. The van der Waals surface area contributed by atoms with Crippen LogP contribution in [-0.2, 0) is 4.79 Å². The summed E-state index contributed by atoms with van der Waals surface area (Å²) in [5.41, 5.74) is 6.83. The number of benzene rings is 1. The van der Waals surface area contributed by atoms with Gasteiger partial charge in [-0.25, -0.2) is 0 Å². The van der Waals surface area contributed by atoms with Gasteiger partial charge in [0.25, 0.3) is 5.91 Å². The Kier molecular flexibility index (Phi) is 6.98. The first-order valence-electron chi connectivity index (χ1n) is 10.0. The smallest absolute Gasteiger partial charge is 0.253 e. The second kappa shape index (κ2) is 9.85. The standard InChI is InChI=1S/C23H26N4O4/c1-4-22(28)25-16-6-8-17(9-7-16)27-14-20(23(24)29)21(26-27)10-5-15-11-18(30-2)13-19(12-15)31-3/h4,11-14,16-17H,1,6-9H2,2-3H3,(H2,24,29)(H,25,28). The topological polar surface area (TPSA) is 108 Å². The fourth-order valence-corrected chi connectivity index (χ4v) is 3.61. The van der Waals surface area contributed by atoms with Crippen molar-refractivity contribution in [2.45, 2.75) is 37.8 Å². The van der Waals surface area contributed by atoms with Crippen molar-refractivity contribution in [3.63, 3.8) is 0 Å². The molecule has 8 nitrogen and oxygen atoms in total. The lowest BCUT2D eigenvalue weighted by molar-refractivity contribution is -0.117. The van der Waals surface area contributed by atoms with Crippen molar-refractivity contribution in [1.82, 2.24) is 15.1 Å².